The Balaban J connectivity index is 2.66. The second-order valence-corrected chi connectivity index (χ2v) is 2.13. The maximum absolute atomic E-state index is 8.42. The lowest BCUT2D eigenvalue weighted by Gasteiger charge is -1.88. The lowest BCUT2D eigenvalue weighted by Crippen LogP contribution is -1.69. The van der Waals surface area contributed by atoms with Crippen LogP contribution in [0.15, 0.2) is 23.3 Å². The van der Waals surface area contributed by atoms with Gasteiger partial charge in [0.25, 0.3) is 0 Å². The average molecular weight is 119 g/mol. The van der Waals surface area contributed by atoms with Gasteiger partial charge in [-0.3, -0.25) is 0 Å². The van der Waals surface area contributed by atoms with Gasteiger partial charge in [-0.15, -0.1) is 0 Å². The molecule has 0 aromatic heterocycles. The van der Waals surface area contributed by atoms with Gasteiger partial charge < -0.3 is 0 Å². The van der Waals surface area contributed by atoms with Crippen LogP contribution in [-0.2, 0) is 0 Å². The molecule has 0 heterocycles. The SMILES string of the molecule is CCC1=CC(C#N)=CC1. The van der Waals surface area contributed by atoms with Crippen molar-refractivity contribution in [1.29, 1.82) is 5.26 Å². The summed E-state index contributed by atoms with van der Waals surface area (Å²) in [5, 5.41) is 8.42. The van der Waals surface area contributed by atoms with Gasteiger partial charge in [-0.05, 0) is 18.9 Å². The summed E-state index contributed by atoms with van der Waals surface area (Å²) in [7, 11) is 0. The molecule has 1 nitrogen and oxygen atoms in total. The van der Waals surface area contributed by atoms with Crippen molar-refractivity contribution in [1.82, 2.24) is 0 Å². The first kappa shape index (κ1) is 6.10. The minimum Gasteiger partial charge on any atom is -0.192 e. The van der Waals surface area contributed by atoms with Crippen LogP contribution in [0.3, 0.4) is 0 Å². The fraction of sp³-hybridized carbons (Fsp3) is 0.375. The van der Waals surface area contributed by atoms with E-state index in [4.69, 9.17) is 5.26 Å². The molecule has 9 heavy (non-hydrogen) atoms. The third-order valence-electron chi connectivity index (χ3n) is 1.53. The van der Waals surface area contributed by atoms with Gasteiger partial charge in [-0.25, -0.2) is 0 Å². The van der Waals surface area contributed by atoms with E-state index in [0.717, 1.165) is 18.4 Å². The smallest absolute Gasteiger partial charge is 0.0988 e. The number of nitrogens with zero attached hydrogens (tertiary/aromatic N) is 1. The molecule has 0 bridgehead atoms. The molecule has 0 spiro atoms. The van der Waals surface area contributed by atoms with Crippen molar-refractivity contribution in [2.45, 2.75) is 19.8 Å². The lowest BCUT2D eigenvalue weighted by atomic mass is 10.2. The maximum Gasteiger partial charge on any atom is 0.0988 e. The molecule has 0 unspecified atom stereocenters. The Kier molecular flexibility index (Phi) is 1.69. The fourth-order valence-electron chi connectivity index (χ4n) is 0.903. The van der Waals surface area contributed by atoms with Gasteiger partial charge in [0.05, 0.1) is 6.07 Å². The molecule has 0 radical (unpaired) electrons. The van der Waals surface area contributed by atoms with Gasteiger partial charge in [0, 0.05) is 5.57 Å². The van der Waals surface area contributed by atoms with E-state index in [2.05, 4.69) is 13.0 Å². The molecule has 1 aliphatic rings. The van der Waals surface area contributed by atoms with Crippen LogP contribution in [0.5, 0.6) is 0 Å². The topological polar surface area (TPSA) is 23.8 Å². The second-order valence-electron chi connectivity index (χ2n) is 2.13. The molecule has 46 valence electrons. The predicted molar refractivity (Wildman–Crippen MR) is 36.7 cm³/mol. The minimum atomic E-state index is 0.826. The fourth-order valence-corrected chi connectivity index (χ4v) is 0.903. The lowest BCUT2D eigenvalue weighted by molar-refractivity contribution is 1.05. The molecule has 1 aliphatic carbocycles. The Morgan fingerprint density at radius 3 is 2.89 bits per heavy atom. The summed E-state index contributed by atoms with van der Waals surface area (Å²) in [4.78, 5) is 0. The van der Waals surface area contributed by atoms with E-state index in [0.29, 0.717) is 0 Å². The van der Waals surface area contributed by atoms with Crippen molar-refractivity contribution in [3.8, 4) is 6.07 Å². The first-order valence-electron chi connectivity index (χ1n) is 3.16. The van der Waals surface area contributed by atoms with Crippen molar-refractivity contribution >= 4 is 0 Å². The van der Waals surface area contributed by atoms with E-state index in [1.165, 1.54) is 5.57 Å². The van der Waals surface area contributed by atoms with E-state index in [1.54, 1.807) is 0 Å². The molecular weight excluding hydrogens is 110 g/mol. The summed E-state index contributed by atoms with van der Waals surface area (Å²) in [6, 6.07) is 2.11. The average Bonchev–Trinajstić information content (AvgIpc) is 2.34. The third kappa shape index (κ3) is 1.20. The minimum absolute atomic E-state index is 0.826. The second kappa shape index (κ2) is 2.50. The highest BCUT2D eigenvalue weighted by Gasteiger charge is 2.01. The van der Waals surface area contributed by atoms with Crippen LogP contribution in [0.2, 0.25) is 0 Å². The van der Waals surface area contributed by atoms with E-state index in [-0.39, 0.29) is 0 Å². The Morgan fingerprint density at radius 1 is 1.78 bits per heavy atom. The molecule has 0 amide bonds. The molecule has 1 heteroatoms. The summed E-state index contributed by atoms with van der Waals surface area (Å²) in [6.45, 7) is 2.11. The predicted octanol–water partition coefficient (Wildman–Crippen LogP) is 2.18. The van der Waals surface area contributed by atoms with E-state index in [1.807, 2.05) is 12.2 Å². The van der Waals surface area contributed by atoms with Crippen molar-refractivity contribution in [3.63, 3.8) is 0 Å². The molecule has 0 saturated heterocycles. The van der Waals surface area contributed by atoms with Crippen molar-refractivity contribution < 1.29 is 0 Å². The van der Waals surface area contributed by atoms with Crippen molar-refractivity contribution in [2.24, 2.45) is 0 Å². The highest BCUT2D eigenvalue weighted by molar-refractivity contribution is 5.41. The Morgan fingerprint density at radius 2 is 2.56 bits per heavy atom. The van der Waals surface area contributed by atoms with Crippen LogP contribution in [0, 0.1) is 11.3 Å². The monoisotopic (exact) mass is 119 g/mol. The molecule has 0 aliphatic heterocycles. The van der Waals surface area contributed by atoms with Gasteiger partial charge >= 0.3 is 0 Å². The van der Waals surface area contributed by atoms with Gasteiger partial charge in [0.1, 0.15) is 0 Å². The van der Waals surface area contributed by atoms with Gasteiger partial charge in [0.15, 0.2) is 0 Å². The number of hydrogen-bond donors (Lipinski definition) is 0. The van der Waals surface area contributed by atoms with E-state index < -0.39 is 0 Å². The van der Waals surface area contributed by atoms with Crippen LogP contribution in [0.4, 0.5) is 0 Å². The number of allylic oxidation sites excluding steroid dienone is 4. The van der Waals surface area contributed by atoms with Gasteiger partial charge in [-0.1, -0.05) is 18.6 Å². The number of rotatable bonds is 1. The van der Waals surface area contributed by atoms with Crippen LogP contribution in [0.1, 0.15) is 19.8 Å². The summed E-state index contributed by atoms with van der Waals surface area (Å²) in [5.41, 5.74) is 2.19. The summed E-state index contributed by atoms with van der Waals surface area (Å²) in [6.07, 6.45) is 6.00. The molecule has 0 N–H and O–H groups in total. The molecular formula is C8H9N. The molecule has 0 aromatic rings. The molecule has 0 atom stereocenters. The van der Waals surface area contributed by atoms with Gasteiger partial charge in [0.2, 0.25) is 0 Å². The Bertz CT molecular complexity index is 203. The molecule has 0 aromatic carbocycles. The van der Waals surface area contributed by atoms with Gasteiger partial charge in [-0.2, -0.15) is 5.26 Å². The summed E-state index contributed by atoms with van der Waals surface area (Å²) >= 11 is 0. The molecule has 0 saturated carbocycles. The Hall–Kier alpha value is -1.03. The number of nitriles is 1. The van der Waals surface area contributed by atoms with Crippen LogP contribution >= 0.6 is 0 Å². The highest BCUT2D eigenvalue weighted by Crippen LogP contribution is 2.18. The van der Waals surface area contributed by atoms with Crippen LogP contribution in [0.25, 0.3) is 0 Å². The zero-order valence-electron chi connectivity index (χ0n) is 5.52. The van der Waals surface area contributed by atoms with E-state index >= 15 is 0 Å². The summed E-state index contributed by atoms with van der Waals surface area (Å²) in [5.74, 6) is 0. The maximum atomic E-state index is 8.42. The quantitative estimate of drug-likeness (QED) is 0.519. The van der Waals surface area contributed by atoms with Crippen LogP contribution < -0.4 is 0 Å². The first-order valence-corrected chi connectivity index (χ1v) is 3.16. The Labute approximate surface area is 55.3 Å². The third-order valence-corrected chi connectivity index (χ3v) is 1.53. The van der Waals surface area contributed by atoms with Crippen LogP contribution in [-0.4, -0.2) is 0 Å². The molecule has 1 rings (SSSR count). The molecule has 0 fully saturated rings. The number of hydrogen-bond acceptors (Lipinski definition) is 1. The highest BCUT2D eigenvalue weighted by atomic mass is 14.2. The zero-order chi connectivity index (χ0) is 6.69. The standard InChI is InChI=1S/C8H9N/c1-2-7-3-4-8(5-7)6-9/h4-5H,2-3H2,1H3. The van der Waals surface area contributed by atoms with Crippen molar-refractivity contribution in [3.05, 3.63) is 23.3 Å². The van der Waals surface area contributed by atoms with Crippen molar-refractivity contribution in [2.75, 3.05) is 0 Å². The zero-order valence-corrected chi connectivity index (χ0v) is 5.52. The largest absolute Gasteiger partial charge is 0.192 e. The summed E-state index contributed by atoms with van der Waals surface area (Å²) < 4.78 is 0. The van der Waals surface area contributed by atoms with E-state index in [9.17, 15) is 0 Å². The first-order chi connectivity index (χ1) is 4.36. The normalized spacial score (nSPS) is 16.4.